The Balaban J connectivity index is 2.29. The number of aryl methyl sites for hydroxylation is 2. The molecule has 1 aromatic rings. The van der Waals surface area contributed by atoms with Gasteiger partial charge in [0, 0.05) is 25.4 Å². The summed E-state index contributed by atoms with van der Waals surface area (Å²) in [5.74, 6) is -0.233. The molecule has 1 amide bonds. The van der Waals surface area contributed by atoms with Crippen LogP contribution in [0, 0.1) is 5.41 Å². The predicted octanol–water partition coefficient (Wildman–Crippen LogP) is 2.12. The van der Waals surface area contributed by atoms with Gasteiger partial charge >= 0.3 is 0 Å². The molecule has 1 aliphatic rings. The molecule has 0 aromatic carbocycles. The Morgan fingerprint density at radius 3 is 2.65 bits per heavy atom. The van der Waals surface area contributed by atoms with Crippen LogP contribution < -0.4 is 5.56 Å². The maximum atomic E-state index is 12.9. The number of aliphatic hydroxyl groups excluding tert-OH is 1. The van der Waals surface area contributed by atoms with Gasteiger partial charge in [0.05, 0.1) is 0 Å². The van der Waals surface area contributed by atoms with Crippen LogP contribution in [0.5, 0.6) is 0 Å². The average Bonchev–Trinajstić information content (AvgIpc) is 2.49. The Morgan fingerprint density at radius 2 is 2.00 bits per heavy atom. The molecule has 1 aromatic heterocycles. The Bertz CT molecular complexity index is 614. The topological polar surface area (TPSA) is 73.4 Å². The van der Waals surface area contributed by atoms with E-state index < -0.39 is 0 Å². The number of H-pyrrole nitrogens is 1. The number of hydrogen-bond donors (Lipinski definition) is 2. The molecule has 5 nitrogen and oxygen atoms in total. The minimum absolute atomic E-state index is 0.0362. The first-order chi connectivity index (χ1) is 10.8. The second kappa shape index (κ2) is 7.30. The van der Waals surface area contributed by atoms with Gasteiger partial charge in [0.25, 0.3) is 11.5 Å². The lowest BCUT2D eigenvalue weighted by atomic mass is 9.94. The molecular formula is C18H28N2O3. The van der Waals surface area contributed by atoms with E-state index in [0.717, 1.165) is 36.9 Å². The molecule has 23 heavy (non-hydrogen) atoms. The van der Waals surface area contributed by atoms with E-state index in [4.69, 9.17) is 5.11 Å². The van der Waals surface area contributed by atoms with Gasteiger partial charge in [0.1, 0.15) is 5.56 Å². The third kappa shape index (κ3) is 4.67. The van der Waals surface area contributed by atoms with Crippen LogP contribution in [0.15, 0.2) is 10.9 Å². The van der Waals surface area contributed by atoms with Crippen LogP contribution in [0.1, 0.15) is 61.6 Å². The molecule has 2 rings (SSSR count). The summed E-state index contributed by atoms with van der Waals surface area (Å²) in [6.07, 6.45) is 4.51. The number of carbonyl (C=O) groups is 1. The van der Waals surface area contributed by atoms with Gasteiger partial charge in [-0.3, -0.25) is 9.59 Å². The summed E-state index contributed by atoms with van der Waals surface area (Å²) in [6, 6.07) is 1.78. The number of hydrogen-bond acceptors (Lipinski definition) is 3. The zero-order chi connectivity index (χ0) is 17.0. The van der Waals surface area contributed by atoms with E-state index in [1.54, 1.807) is 11.0 Å². The van der Waals surface area contributed by atoms with Crippen molar-refractivity contribution in [2.75, 3.05) is 19.7 Å². The molecule has 0 bridgehead atoms. The van der Waals surface area contributed by atoms with Crippen molar-refractivity contribution in [1.29, 1.82) is 0 Å². The van der Waals surface area contributed by atoms with Crippen LogP contribution in [-0.4, -0.2) is 40.6 Å². The Labute approximate surface area is 137 Å². The van der Waals surface area contributed by atoms with Crippen LogP contribution in [0.4, 0.5) is 0 Å². The Kier molecular flexibility index (Phi) is 5.63. The lowest BCUT2D eigenvalue weighted by Gasteiger charge is -2.30. The summed E-state index contributed by atoms with van der Waals surface area (Å²) in [6.45, 7) is 7.23. The Hall–Kier alpha value is -1.62. The molecule has 0 unspecified atom stereocenters. The minimum Gasteiger partial charge on any atom is -0.396 e. The molecule has 0 spiro atoms. The zero-order valence-electron chi connectivity index (χ0n) is 14.4. The molecule has 2 N–H and O–H groups in total. The number of carbonyl (C=O) groups excluding carboxylic acids is 1. The van der Waals surface area contributed by atoms with E-state index >= 15 is 0 Å². The molecule has 5 heteroatoms. The molecule has 0 radical (unpaired) electrons. The summed E-state index contributed by atoms with van der Waals surface area (Å²) < 4.78 is 0. The number of pyridine rings is 1. The van der Waals surface area contributed by atoms with Crippen molar-refractivity contribution in [3.8, 4) is 0 Å². The summed E-state index contributed by atoms with van der Waals surface area (Å²) >= 11 is 0. The number of aromatic nitrogens is 1. The molecule has 0 aliphatic heterocycles. The van der Waals surface area contributed by atoms with Crippen molar-refractivity contribution in [3.05, 3.63) is 33.2 Å². The summed E-state index contributed by atoms with van der Waals surface area (Å²) in [4.78, 5) is 29.8. The van der Waals surface area contributed by atoms with Crippen LogP contribution >= 0.6 is 0 Å². The standard InChI is InChI=1S/C18H28N2O3/c1-18(2,3)12-20(9-6-10-21)17(23)14-11-13-7-4-5-8-15(13)19-16(14)22/h11,21H,4-10,12H2,1-3H3,(H,19,22). The molecule has 128 valence electrons. The van der Waals surface area contributed by atoms with Gasteiger partial charge in [-0.1, -0.05) is 20.8 Å². The van der Waals surface area contributed by atoms with Crippen LogP contribution in [0.2, 0.25) is 0 Å². The fourth-order valence-corrected chi connectivity index (χ4v) is 3.09. The third-order valence-electron chi connectivity index (χ3n) is 4.11. The van der Waals surface area contributed by atoms with Crippen molar-refractivity contribution < 1.29 is 9.90 Å². The molecule has 0 saturated carbocycles. The van der Waals surface area contributed by atoms with Gasteiger partial charge in [0.15, 0.2) is 0 Å². The van der Waals surface area contributed by atoms with Crippen molar-refractivity contribution in [2.24, 2.45) is 5.41 Å². The number of aromatic amines is 1. The lowest BCUT2D eigenvalue weighted by Crippen LogP contribution is -2.41. The van der Waals surface area contributed by atoms with Crippen molar-refractivity contribution in [2.45, 2.75) is 52.9 Å². The normalized spacial score (nSPS) is 14.4. The number of nitrogens with one attached hydrogen (secondary N) is 1. The van der Waals surface area contributed by atoms with Gasteiger partial charge in [-0.05, 0) is 49.1 Å². The smallest absolute Gasteiger partial charge is 0.261 e. The highest BCUT2D eigenvalue weighted by Crippen LogP contribution is 2.20. The molecule has 1 aliphatic carbocycles. The quantitative estimate of drug-likeness (QED) is 0.873. The van der Waals surface area contributed by atoms with E-state index in [9.17, 15) is 9.59 Å². The molecule has 0 atom stereocenters. The number of nitrogens with zero attached hydrogens (tertiary/aromatic N) is 1. The van der Waals surface area contributed by atoms with Gasteiger partial charge in [-0.25, -0.2) is 0 Å². The summed E-state index contributed by atoms with van der Waals surface area (Å²) in [7, 11) is 0. The van der Waals surface area contributed by atoms with Gasteiger partial charge in [0.2, 0.25) is 0 Å². The number of rotatable bonds is 5. The van der Waals surface area contributed by atoms with Crippen molar-refractivity contribution in [3.63, 3.8) is 0 Å². The van der Waals surface area contributed by atoms with Gasteiger partial charge in [-0.15, -0.1) is 0 Å². The minimum atomic E-state index is -0.293. The highest BCUT2D eigenvalue weighted by atomic mass is 16.3. The SMILES string of the molecule is CC(C)(C)CN(CCCO)C(=O)c1cc2c([nH]c1=O)CCCC2. The molecule has 0 fully saturated rings. The largest absolute Gasteiger partial charge is 0.396 e. The maximum Gasteiger partial charge on any atom is 0.261 e. The number of amides is 1. The predicted molar refractivity (Wildman–Crippen MR) is 90.8 cm³/mol. The second-order valence-corrected chi connectivity index (χ2v) is 7.59. The molecule has 1 heterocycles. The zero-order valence-corrected chi connectivity index (χ0v) is 14.4. The first-order valence-electron chi connectivity index (χ1n) is 8.47. The van der Waals surface area contributed by atoms with Crippen LogP contribution in [-0.2, 0) is 12.8 Å². The lowest BCUT2D eigenvalue weighted by molar-refractivity contribution is 0.0680. The monoisotopic (exact) mass is 320 g/mol. The van der Waals surface area contributed by atoms with Crippen molar-refractivity contribution in [1.82, 2.24) is 9.88 Å². The van der Waals surface area contributed by atoms with E-state index in [1.807, 2.05) is 0 Å². The van der Waals surface area contributed by atoms with E-state index in [1.165, 1.54) is 0 Å². The Morgan fingerprint density at radius 1 is 1.30 bits per heavy atom. The van der Waals surface area contributed by atoms with Crippen LogP contribution in [0.3, 0.4) is 0 Å². The van der Waals surface area contributed by atoms with E-state index in [0.29, 0.717) is 19.5 Å². The highest BCUT2D eigenvalue weighted by molar-refractivity contribution is 5.94. The second-order valence-electron chi connectivity index (χ2n) is 7.59. The van der Waals surface area contributed by atoms with Gasteiger partial charge in [-0.2, -0.15) is 0 Å². The molecule has 0 saturated heterocycles. The third-order valence-corrected chi connectivity index (χ3v) is 4.11. The van der Waals surface area contributed by atoms with Crippen molar-refractivity contribution >= 4 is 5.91 Å². The summed E-state index contributed by atoms with van der Waals surface area (Å²) in [5, 5.41) is 9.07. The molecular weight excluding hydrogens is 292 g/mol. The fourth-order valence-electron chi connectivity index (χ4n) is 3.09. The number of fused-ring (bicyclic) bond motifs is 1. The first kappa shape index (κ1) is 17.7. The average molecular weight is 320 g/mol. The first-order valence-corrected chi connectivity index (χ1v) is 8.47. The fraction of sp³-hybridized carbons (Fsp3) is 0.667. The van der Waals surface area contributed by atoms with Crippen LogP contribution in [0.25, 0.3) is 0 Å². The highest BCUT2D eigenvalue weighted by Gasteiger charge is 2.25. The van der Waals surface area contributed by atoms with E-state index in [2.05, 4.69) is 25.8 Å². The summed E-state index contributed by atoms with van der Waals surface area (Å²) in [5.41, 5.74) is 1.95. The number of aliphatic hydroxyl groups is 1. The van der Waals surface area contributed by atoms with E-state index in [-0.39, 0.29) is 29.1 Å². The maximum absolute atomic E-state index is 12.9. The van der Waals surface area contributed by atoms with Gasteiger partial charge < -0.3 is 15.0 Å².